The molecule has 2 heterocycles. The van der Waals surface area contributed by atoms with E-state index in [-0.39, 0.29) is 23.9 Å². The molecule has 2 aliphatic rings. The van der Waals surface area contributed by atoms with Crippen LogP contribution in [0.15, 0.2) is 42.0 Å². The normalized spacial score (nSPS) is 18.2. The molecule has 1 N–H and O–H groups in total. The van der Waals surface area contributed by atoms with Gasteiger partial charge in [-0.15, -0.1) is 0 Å². The van der Waals surface area contributed by atoms with Crippen LogP contribution in [0.4, 0.5) is 0 Å². The highest BCUT2D eigenvalue weighted by Crippen LogP contribution is 2.35. The van der Waals surface area contributed by atoms with Gasteiger partial charge in [0.15, 0.2) is 0 Å². The number of hydrogen-bond donors (Lipinski definition) is 1. The van der Waals surface area contributed by atoms with Crippen molar-refractivity contribution in [2.24, 2.45) is 11.8 Å². The first-order chi connectivity index (χ1) is 18.3. The second-order valence-corrected chi connectivity index (χ2v) is 11.3. The lowest BCUT2D eigenvalue weighted by molar-refractivity contribution is -0.149. The number of H-pyrrole nitrogens is 1. The number of fused-ring (bicyclic) bond motifs is 2. The fourth-order valence-electron chi connectivity index (χ4n) is 5.82. The van der Waals surface area contributed by atoms with Crippen LogP contribution in [0.1, 0.15) is 69.8 Å². The number of piperidine rings is 1. The van der Waals surface area contributed by atoms with Gasteiger partial charge in [0.05, 0.1) is 18.0 Å². The minimum absolute atomic E-state index is 0.0332. The van der Waals surface area contributed by atoms with Gasteiger partial charge in [0.25, 0.3) is 0 Å². The lowest BCUT2D eigenvalue weighted by Crippen LogP contribution is -2.42. The first-order valence-corrected chi connectivity index (χ1v) is 14.3. The molecule has 0 radical (unpaired) electrons. The minimum atomic E-state index is -0.0873. The van der Waals surface area contributed by atoms with Crippen LogP contribution >= 0.6 is 11.6 Å². The summed E-state index contributed by atoms with van der Waals surface area (Å²) in [6.45, 7) is 10.9. The van der Waals surface area contributed by atoms with Crippen molar-refractivity contribution in [3.63, 3.8) is 0 Å². The smallest absolute Gasteiger partial charge is 0.309 e. The largest absolute Gasteiger partial charge is 0.485 e. The van der Waals surface area contributed by atoms with E-state index >= 15 is 0 Å². The van der Waals surface area contributed by atoms with Crippen molar-refractivity contribution in [1.82, 2.24) is 15.1 Å². The van der Waals surface area contributed by atoms with E-state index in [9.17, 15) is 4.79 Å². The number of nitrogens with zero attached hydrogens (tertiary/aromatic N) is 2. The molecule has 7 heteroatoms. The van der Waals surface area contributed by atoms with Gasteiger partial charge in [-0.25, -0.2) is 0 Å². The SMILES string of the molecule is CCOC(=O)C1CCN(C(C)C2=Cc3ccc(OC(c4ccc5n[nH]c(Cl)c5c4)C(C)C)cc3CC2)CC1. The molecule has 2 unspecified atom stereocenters. The van der Waals surface area contributed by atoms with E-state index < -0.39 is 0 Å². The second-order valence-electron chi connectivity index (χ2n) is 10.9. The zero-order chi connectivity index (χ0) is 26.8. The molecule has 202 valence electrons. The number of rotatable bonds is 8. The predicted octanol–water partition coefficient (Wildman–Crippen LogP) is 6.99. The average Bonchev–Trinajstić information content (AvgIpc) is 3.30. The number of carbonyl (C=O) groups excluding carboxylic acids is 1. The van der Waals surface area contributed by atoms with Crippen LogP contribution in [-0.2, 0) is 16.0 Å². The van der Waals surface area contributed by atoms with Crippen LogP contribution in [0, 0.1) is 11.8 Å². The van der Waals surface area contributed by atoms with Gasteiger partial charge in [-0.2, -0.15) is 5.10 Å². The third-order valence-electron chi connectivity index (χ3n) is 8.10. The van der Waals surface area contributed by atoms with E-state index in [4.69, 9.17) is 21.1 Å². The Hall–Kier alpha value is -2.83. The zero-order valence-corrected chi connectivity index (χ0v) is 23.6. The topological polar surface area (TPSA) is 67.4 Å². The third kappa shape index (κ3) is 5.62. The maximum absolute atomic E-state index is 12.1. The molecule has 38 heavy (non-hydrogen) atoms. The number of halogens is 1. The number of aromatic nitrogens is 2. The number of aryl methyl sites for hydroxylation is 1. The van der Waals surface area contributed by atoms with E-state index in [1.807, 2.05) is 13.0 Å². The highest BCUT2D eigenvalue weighted by Gasteiger charge is 2.30. The number of esters is 1. The third-order valence-corrected chi connectivity index (χ3v) is 8.39. The fourth-order valence-corrected chi connectivity index (χ4v) is 6.01. The van der Waals surface area contributed by atoms with Crippen molar-refractivity contribution >= 4 is 34.5 Å². The fraction of sp³-hybridized carbons (Fsp3) is 0.484. The second kappa shape index (κ2) is 11.5. The monoisotopic (exact) mass is 535 g/mol. The molecule has 2 atom stereocenters. The molecule has 0 saturated carbocycles. The van der Waals surface area contributed by atoms with Crippen LogP contribution in [0.5, 0.6) is 5.75 Å². The Morgan fingerprint density at radius 3 is 2.66 bits per heavy atom. The van der Waals surface area contributed by atoms with Gasteiger partial charge < -0.3 is 9.47 Å². The Labute approximate surface area is 230 Å². The van der Waals surface area contributed by atoms with Gasteiger partial charge in [0, 0.05) is 11.4 Å². The van der Waals surface area contributed by atoms with Crippen LogP contribution in [0.3, 0.4) is 0 Å². The van der Waals surface area contributed by atoms with E-state index in [0.29, 0.717) is 17.8 Å². The van der Waals surface area contributed by atoms with Gasteiger partial charge in [-0.05, 0) is 99.5 Å². The highest BCUT2D eigenvalue weighted by molar-refractivity contribution is 6.34. The van der Waals surface area contributed by atoms with E-state index in [2.05, 4.69) is 72.3 Å². The quantitative estimate of drug-likeness (QED) is 0.315. The molecule has 6 nitrogen and oxygen atoms in total. The van der Waals surface area contributed by atoms with E-state index in [1.54, 1.807) is 0 Å². The first-order valence-electron chi connectivity index (χ1n) is 13.9. The molecular weight excluding hydrogens is 498 g/mol. The Morgan fingerprint density at radius 2 is 1.92 bits per heavy atom. The van der Waals surface area contributed by atoms with Gasteiger partial charge in [-0.1, -0.05) is 49.2 Å². The molecule has 1 fully saturated rings. The Balaban J connectivity index is 1.27. The molecule has 0 spiro atoms. The summed E-state index contributed by atoms with van der Waals surface area (Å²) in [5.41, 5.74) is 6.02. The minimum Gasteiger partial charge on any atom is -0.485 e. The molecule has 0 bridgehead atoms. The Morgan fingerprint density at radius 1 is 1.13 bits per heavy atom. The average molecular weight is 536 g/mol. The van der Waals surface area contributed by atoms with Crippen molar-refractivity contribution in [3.05, 3.63) is 63.8 Å². The molecule has 1 aliphatic heterocycles. The zero-order valence-electron chi connectivity index (χ0n) is 22.8. The summed E-state index contributed by atoms with van der Waals surface area (Å²) < 4.78 is 11.8. The first kappa shape index (κ1) is 26.8. The van der Waals surface area contributed by atoms with Crippen molar-refractivity contribution in [2.45, 2.75) is 65.5 Å². The maximum Gasteiger partial charge on any atom is 0.309 e. The molecule has 0 amide bonds. The summed E-state index contributed by atoms with van der Waals surface area (Å²) in [5, 5.41) is 8.55. The van der Waals surface area contributed by atoms with Crippen LogP contribution in [-0.4, -0.2) is 46.8 Å². The number of aromatic amines is 1. The van der Waals surface area contributed by atoms with E-state index in [1.165, 1.54) is 16.7 Å². The summed E-state index contributed by atoms with van der Waals surface area (Å²) in [4.78, 5) is 14.6. The summed E-state index contributed by atoms with van der Waals surface area (Å²) in [5.74, 6) is 1.20. The maximum atomic E-state index is 12.1. The standard InChI is InChI=1S/C31H38ClN3O3/c1-5-37-31(36)21-12-14-35(15-13-21)20(4)22-6-7-24-17-26(10-8-23(24)16-22)38-29(19(2)3)25-9-11-28-27(18-25)30(32)34-33-28/h8-11,16-21,29H,5-7,12-15H2,1-4H3,(H,33,34). The van der Waals surface area contributed by atoms with Crippen molar-refractivity contribution < 1.29 is 14.3 Å². The van der Waals surface area contributed by atoms with Gasteiger partial charge in [-0.3, -0.25) is 14.8 Å². The molecular formula is C31H38ClN3O3. The molecule has 2 aromatic carbocycles. The van der Waals surface area contributed by atoms with Crippen molar-refractivity contribution in [1.29, 1.82) is 0 Å². The summed E-state index contributed by atoms with van der Waals surface area (Å²) in [6, 6.07) is 13.0. The molecule has 1 aliphatic carbocycles. The predicted molar refractivity (Wildman–Crippen MR) is 152 cm³/mol. The van der Waals surface area contributed by atoms with Crippen molar-refractivity contribution in [2.75, 3.05) is 19.7 Å². The van der Waals surface area contributed by atoms with Crippen molar-refractivity contribution in [3.8, 4) is 5.75 Å². The Kier molecular flexibility index (Phi) is 8.10. The lowest BCUT2D eigenvalue weighted by Gasteiger charge is -2.37. The molecule has 3 aromatic rings. The molecule has 5 rings (SSSR count). The number of benzene rings is 2. The highest BCUT2D eigenvalue weighted by atomic mass is 35.5. The van der Waals surface area contributed by atoms with E-state index in [0.717, 1.165) is 61.0 Å². The number of carbonyl (C=O) groups is 1. The number of ether oxygens (including phenoxy) is 2. The summed E-state index contributed by atoms with van der Waals surface area (Å²) in [7, 11) is 0. The lowest BCUT2D eigenvalue weighted by atomic mass is 9.87. The number of likely N-dealkylation sites (tertiary alicyclic amines) is 1. The Bertz CT molecular complexity index is 1320. The van der Waals surface area contributed by atoms with Gasteiger partial charge in [0.1, 0.15) is 17.0 Å². The molecule has 1 saturated heterocycles. The van der Waals surface area contributed by atoms with Crippen LogP contribution in [0.25, 0.3) is 17.0 Å². The van der Waals surface area contributed by atoms with Crippen LogP contribution in [0.2, 0.25) is 5.15 Å². The van der Waals surface area contributed by atoms with Crippen LogP contribution < -0.4 is 4.74 Å². The summed E-state index contributed by atoms with van der Waals surface area (Å²) in [6.07, 6.45) is 6.08. The summed E-state index contributed by atoms with van der Waals surface area (Å²) >= 11 is 6.30. The van der Waals surface area contributed by atoms with Gasteiger partial charge >= 0.3 is 5.97 Å². The van der Waals surface area contributed by atoms with Gasteiger partial charge in [0.2, 0.25) is 0 Å². The number of hydrogen-bond acceptors (Lipinski definition) is 5. The number of nitrogens with one attached hydrogen (secondary N) is 1. The molecule has 1 aromatic heterocycles.